The standard InChI is InChI=1S/C55H55N3O/c1-34(2)39-23-24-49(45(32-39)38-15-12-11-13-16-38)58-50-18-14-17-44(51(50)57-53(58)46-27-36(4)28-47(52(46)59)55(8,9)10)41-29-42(31-43(30-41)54(5,6)7)48-33-40(25-26-56-48)37-21-19-35(3)20-22-37/h11-34,59H,1-10H3/i3D3,34D. The van der Waals surface area contributed by atoms with Gasteiger partial charge in [-0.1, -0.05) is 146 Å². The predicted octanol–water partition coefficient (Wildman–Crippen LogP) is 14.8. The summed E-state index contributed by atoms with van der Waals surface area (Å²) in [7, 11) is 0. The molecule has 4 nitrogen and oxygen atoms in total. The van der Waals surface area contributed by atoms with Gasteiger partial charge in [-0.05, 0) is 118 Å². The highest BCUT2D eigenvalue weighted by atomic mass is 16.3. The van der Waals surface area contributed by atoms with E-state index in [1.807, 2.05) is 62.4 Å². The summed E-state index contributed by atoms with van der Waals surface area (Å²) in [5.41, 5.74) is 14.3. The van der Waals surface area contributed by atoms with Crippen LogP contribution in [0.1, 0.15) is 94.6 Å². The molecule has 0 unspecified atom stereocenters. The Balaban J connectivity index is 1.40. The van der Waals surface area contributed by atoms with Crippen LogP contribution < -0.4 is 0 Å². The van der Waals surface area contributed by atoms with Crippen LogP contribution in [0.4, 0.5) is 0 Å². The molecule has 0 saturated carbocycles. The molecule has 0 aliphatic rings. The van der Waals surface area contributed by atoms with Crippen LogP contribution in [-0.4, -0.2) is 19.6 Å². The van der Waals surface area contributed by atoms with Gasteiger partial charge in [-0.15, -0.1) is 0 Å². The number of phenols is 1. The Morgan fingerprint density at radius 3 is 2.07 bits per heavy atom. The van der Waals surface area contributed by atoms with E-state index in [0.717, 1.165) is 83.6 Å². The van der Waals surface area contributed by atoms with Crippen LogP contribution in [0.5, 0.6) is 5.75 Å². The Morgan fingerprint density at radius 2 is 1.37 bits per heavy atom. The van der Waals surface area contributed by atoms with E-state index in [-0.39, 0.29) is 16.6 Å². The number of aromatic nitrogens is 3. The third-order valence-corrected chi connectivity index (χ3v) is 11.3. The fourth-order valence-corrected chi connectivity index (χ4v) is 7.96. The lowest BCUT2D eigenvalue weighted by Gasteiger charge is -2.23. The highest BCUT2D eigenvalue weighted by molar-refractivity contribution is 5.98. The summed E-state index contributed by atoms with van der Waals surface area (Å²) in [6.07, 6.45) is 1.80. The average molecular weight is 778 g/mol. The van der Waals surface area contributed by atoms with Crippen molar-refractivity contribution in [3.05, 3.63) is 167 Å². The third kappa shape index (κ3) is 7.72. The number of phenolic OH excluding ortho intramolecular Hbond substituents is 1. The van der Waals surface area contributed by atoms with Gasteiger partial charge in [0.05, 0.1) is 28.0 Å². The smallest absolute Gasteiger partial charge is 0.149 e. The third-order valence-electron chi connectivity index (χ3n) is 11.3. The number of hydrogen-bond acceptors (Lipinski definition) is 3. The number of para-hydroxylation sites is 1. The second-order valence-corrected chi connectivity index (χ2v) is 18.1. The summed E-state index contributed by atoms with van der Waals surface area (Å²) >= 11 is 0. The molecule has 2 heterocycles. The van der Waals surface area contributed by atoms with Gasteiger partial charge < -0.3 is 5.11 Å². The summed E-state index contributed by atoms with van der Waals surface area (Å²) in [4.78, 5) is 10.4. The van der Waals surface area contributed by atoms with E-state index < -0.39 is 12.7 Å². The minimum Gasteiger partial charge on any atom is -0.507 e. The maximum Gasteiger partial charge on any atom is 0.149 e. The van der Waals surface area contributed by atoms with Gasteiger partial charge in [0.2, 0.25) is 0 Å². The van der Waals surface area contributed by atoms with Crippen molar-refractivity contribution >= 4 is 11.0 Å². The average Bonchev–Trinajstić information content (AvgIpc) is 3.62. The number of imidazole rings is 1. The number of fused-ring (bicyclic) bond motifs is 1. The summed E-state index contributed by atoms with van der Waals surface area (Å²) in [5.74, 6) is -0.0161. The SMILES string of the molecule is [2H]C([2H])([2H])c1ccc(-c2ccnc(-c3cc(-c4cccc5c4nc(-c4cc(C)cc(C(C)(C)C)c4O)n5-c4ccc(C([2H])(C)C)cc4-c4ccccc4)cc(C(C)(C)C)c3)c2)cc1. The van der Waals surface area contributed by atoms with E-state index >= 15 is 0 Å². The van der Waals surface area contributed by atoms with Crippen LogP contribution in [0.25, 0.3) is 72.7 Å². The van der Waals surface area contributed by atoms with Crippen molar-refractivity contribution < 1.29 is 10.6 Å². The van der Waals surface area contributed by atoms with Gasteiger partial charge in [0, 0.05) is 33.9 Å². The zero-order valence-electron chi connectivity index (χ0n) is 39.6. The molecule has 0 fully saturated rings. The minimum absolute atomic E-state index is 0.201. The van der Waals surface area contributed by atoms with Gasteiger partial charge >= 0.3 is 0 Å². The Labute approximate surface area is 355 Å². The molecule has 0 aliphatic carbocycles. The molecule has 0 bridgehead atoms. The highest BCUT2D eigenvalue weighted by Crippen LogP contribution is 2.45. The van der Waals surface area contributed by atoms with E-state index in [0.29, 0.717) is 17.0 Å². The van der Waals surface area contributed by atoms with E-state index in [9.17, 15) is 5.11 Å². The lowest BCUT2D eigenvalue weighted by molar-refractivity contribution is 0.448. The first-order valence-corrected chi connectivity index (χ1v) is 20.4. The molecule has 0 aliphatic heterocycles. The fourth-order valence-electron chi connectivity index (χ4n) is 7.96. The Kier molecular flexibility index (Phi) is 8.93. The first-order valence-electron chi connectivity index (χ1n) is 22.4. The van der Waals surface area contributed by atoms with Crippen LogP contribution >= 0.6 is 0 Å². The number of pyridine rings is 1. The first-order chi connectivity index (χ1) is 29.6. The molecule has 0 amide bonds. The van der Waals surface area contributed by atoms with Crippen LogP contribution in [0.2, 0.25) is 0 Å². The molecule has 1 N–H and O–H groups in total. The van der Waals surface area contributed by atoms with Crippen LogP contribution in [0.15, 0.2) is 140 Å². The molecule has 59 heavy (non-hydrogen) atoms. The second-order valence-electron chi connectivity index (χ2n) is 18.1. The first kappa shape index (κ1) is 34.8. The number of aryl methyl sites for hydroxylation is 2. The Hall–Kier alpha value is -6.26. The molecular weight excluding hydrogens is 719 g/mol. The number of aromatic hydroxyl groups is 1. The molecule has 0 spiro atoms. The van der Waals surface area contributed by atoms with Gasteiger partial charge in [-0.3, -0.25) is 9.55 Å². The monoisotopic (exact) mass is 777 g/mol. The second kappa shape index (κ2) is 15.2. The summed E-state index contributed by atoms with van der Waals surface area (Å²) < 4.78 is 34.7. The van der Waals surface area contributed by atoms with Crippen LogP contribution in [-0.2, 0) is 10.8 Å². The minimum atomic E-state index is -2.17. The quantitative estimate of drug-likeness (QED) is 0.175. The van der Waals surface area contributed by atoms with Crippen molar-refractivity contribution in [1.82, 2.24) is 14.5 Å². The molecule has 8 aromatic rings. The number of benzene rings is 6. The van der Waals surface area contributed by atoms with E-state index in [4.69, 9.17) is 15.5 Å². The molecule has 4 heteroatoms. The fraction of sp³-hybridized carbons (Fsp3) is 0.236. The van der Waals surface area contributed by atoms with Gasteiger partial charge in [0.1, 0.15) is 11.6 Å². The highest BCUT2D eigenvalue weighted by Gasteiger charge is 2.27. The van der Waals surface area contributed by atoms with Gasteiger partial charge in [0.15, 0.2) is 0 Å². The zero-order chi connectivity index (χ0) is 45.2. The molecular formula is C55H55N3O. The van der Waals surface area contributed by atoms with E-state index in [1.165, 1.54) is 0 Å². The largest absolute Gasteiger partial charge is 0.507 e. The normalized spacial score (nSPS) is 13.5. The maximum atomic E-state index is 12.3. The molecule has 2 aromatic heterocycles. The Morgan fingerprint density at radius 1 is 0.627 bits per heavy atom. The van der Waals surface area contributed by atoms with Gasteiger partial charge in [0.25, 0.3) is 0 Å². The van der Waals surface area contributed by atoms with Crippen molar-refractivity contribution in [1.29, 1.82) is 0 Å². The van der Waals surface area contributed by atoms with Crippen LogP contribution in [0.3, 0.4) is 0 Å². The van der Waals surface area contributed by atoms with Crippen molar-refractivity contribution in [2.75, 3.05) is 0 Å². The predicted molar refractivity (Wildman–Crippen MR) is 249 cm³/mol. The number of hydrogen-bond donors (Lipinski definition) is 1. The molecule has 6 aromatic carbocycles. The summed E-state index contributed by atoms with van der Waals surface area (Å²) in [6.45, 7) is 16.7. The summed E-state index contributed by atoms with van der Waals surface area (Å²) in [6, 6.07) is 44.6. The lowest BCUT2D eigenvalue weighted by Crippen LogP contribution is -2.12. The zero-order valence-corrected chi connectivity index (χ0v) is 35.6. The molecule has 0 atom stereocenters. The number of nitrogens with zero attached hydrogens (tertiary/aromatic N) is 3. The maximum absolute atomic E-state index is 12.3. The van der Waals surface area contributed by atoms with Crippen molar-refractivity contribution in [2.24, 2.45) is 0 Å². The topological polar surface area (TPSA) is 50.9 Å². The van der Waals surface area contributed by atoms with Crippen molar-refractivity contribution in [2.45, 2.75) is 85.9 Å². The molecule has 296 valence electrons. The number of rotatable bonds is 7. The van der Waals surface area contributed by atoms with Crippen LogP contribution in [0, 0.1) is 13.8 Å². The summed E-state index contributed by atoms with van der Waals surface area (Å²) in [5, 5.41) is 12.3. The van der Waals surface area contributed by atoms with Gasteiger partial charge in [-0.25, -0.2) is 4.98 Å². The van der Waals surface area contributed by atoms with Crippen molar-refractivity contribution in [3.63, 3.8) is 0 Å². The van der Waals surface area contributed by atoms with E-state index in [2.05, 4.69) is 126 Å². The molecule has 8 rings (SSSR count). The molecule has 0 saturated heterocycles. The van der Waals surface area contributed by atoms with Gasteiger partial charge in [-0.2, -0.15) is 0 Å². The lowest BCUT2D eigenvalue weighted by atomic mass is 9.83. The van der Waals surface area contributed by atoms with Crippen molar-refractivity contribution in [3.8, 4) is 67.5 Å². The van der Waals surface area contributed by atoms with E-state index in [1.54, 1.807) is 18.3 Å². The molecule has 0 radical (unpaired) electrons. The Bertz CT molecular complexity index is 3000.